The molecule has 7 heteroatoms. The maximum Gasteiger partial charge on any atom is 0.414 e. The van der Waals surface area contributed by atoms with Crippen LogP contribution in [-0.2, 0) is 11.2 Å². The highest BCUT2D eigenvalue weighted by molar-refractivity contribution is 5.95. The summed E-state index contributed by atoms with van der Waals surface area (Å²) in [6.07, 6.45) is 0.118. The van der Waals surface area contributed by atoms with Gasteiger partial charge >= 0.3 is 6.09 Å². The van der Waals surface area contributed by atoms with Gasteiger partial charge in [-0.2, -0.15) is 0 Å². The molecule has 1 aliphatic rings. The third kappa shape index (κ3) is 4.19. The van der Waals surface area contributed by atoms with E-state index in [1.165, 1.54) is 19.8 Å². The predicted molar refractivity (Wildman–Crippen MR) is 105 cm³/mol. The van der Waals surface area contributed by atoms with Gasteiger partial charge in [0.25, 0.3) is 5.91 Å². The maximum absolute atomic E-state index is 12.4. The molecule has 1 aliphatic heterocycles. The number of benzene rings is 2. The van der Waals surface area contributed by atoms with Crippen molar-refractivity contribution in [2.24, 2.45) is 0 Å². The minimum atomic E-state index is -0.414. The standard InChI is InChI=1S/C21H24N2O5/c1-4-14-5-8-16(9-6-14)23-13-17(28-21(23)25)12-22-20(24)15-7-10-18(26-2)19(11-15)27-3/h5-11,17H,4,12-13H2,1-3H3,(H,22,24). The molecule has 7 nitrogen and oxygen atoms in total. The Bertz CT molecular complexity index is 850. The predicted octanol–water partition coefficient (Wildman–Crippen LogP) is 3.02. The number of hydrogen-bond acceptors (Lipinski definition) is 5. The second-order valence-corrected chi connectivity index (χ2v) is 6.42. The van der Waals surface area contributed by atoms with E-state index in [1.54, 1.807) is 23.1 Å². The summed E-state index contributed by atoms with van der Waals surface area (Å²) >= 11 is 0. The lowest BCUT2D eigenvalue weighted by Gasteiger charge is -2.14. The van der Waals surface area contributed by atoms with Crippen LogP contribution in [0.25, 0.3) is 0 Å². The van der Waals surface area contributed by atoms with Gasteiger partial charge in [0.1, 0.15) is 6.10 Å². The Morgan fingerprint density at radius 2 is 1.86 bits per heavy atom. The lowest BCUT2D eigenvalue weighted by molar-refractivity contribution is 0.0915. The summed E-state index contributed by atoms with van der Waals surface area (Å²) in [5, 5.41) is 2.80. The van der Waals surface area contributed by atoms with E-state index in [9.17, 15) is 9.59 Å². The molecule has 0 bridgehead atoms. The molecule has 0 saturated carbocycles. The molecule has 1 N–H and O–H groups in total. The monoisotopic (exact) mass is 384 g/mol. The van der Waals surface area contributed by atoms with Gasteiger partial charge in [0.2, 0.25) is 0 Å². The zero-order valence-electron chi connectivity index (χ0n) is 16.2. The molecule has 0 aromatic heterocycles. The zero-order valence-corrected chi connectivity index (χ0v) is 16.2. The topological polar surface area (TPSA) is 77.1 Å². The lowest BCUT2D eigenvalue weighted by Crippen LogP contribution is -2.34. The Morgan fingerprint density at radius 3 is 2.50 bits per heavy atom. The number of ether oxygens (including phenoxy) is 3. The van der Waals surface area contributed by atoms with Gasteiger partial charge in [-0.3, -0.25) is 9.69 Å². The van der Waals surface area contributed by atoms with Gasteiger partial charge in [0, 0.05) is 11.3 Å². The highest BCUT2D eigenvalue weighted by Crippen LogP contribution is 2.27. The van der Waals surface area contributed by atoms with Gasteiger partial charge in [0.15, 0.2) is 11.5 Å². The van der Waals surface area contributed by atoms with E-state index in [2.05, 4.69) is 12.2 Å². The minimum absolute atomic E-state index is 0.225. The Kier molecular flexibility index (Phi) is 6.03. The maximum atomic E-state index is 12.4. The number of methoxy groups -OCH3 is 2. The first-order valence-electron chi connectivity index (χ1n) is 9.13. The third-order valence-electron chi connectivity index (χ3n) is 4.67. The molecule has 148 valence electrons. The molecule has 2 amide bonds. The van der Waals surface area contributed by atoms with Gasteiger partial charge in [0.05, 0.1) is 27.3 Å². The number of aryl methyl sites for hydroxylation is 1. The molecule has 1 unspecified atom stereocenters. The smallest absolute Gasteiger partial charge is 0.414 e. The van der Waals surface area contributed by atoms with Crippen LogP contribution in [0.2, 0.25) is 0 Å². The van der Waals surface area contributed by atoms with E-state index in [-0.39, 0.29) is 12.5 Å². The Labute approximate surface area is 164 Å². The lowest BCUT2D eigenvalue weighted by atomic mass is 10.1. The molecule has 28 heavy (non-hydrogen) atoms. The second-order valence-electron chi connectivity index (χ2n) is 6.42. The van der Waals surface area contributed by atoms with E-state index >= 15 is 0 Å². The SMILES string of the molecule is CCc1ccc(N2CC(CNC(=O)c3ccc(OC)c(OC)c3)OC2=O)cc1. The van der Waals surface area contributed by atoms with Crippen molar-refractivity contribution in [3.63, 3.8) is 0 Å². The number of rotatable bonds is 7. The van der Waals surface area contributed by atoms with Crippen LogP contribution in [-0.4, -0.2) is 45.4 Å². The molecule has 3 rings (SSSR count). The molecule has 1 saturated heterocycles. The van der Waals surface area contributed by atoms with Gasteiger partial charge in [-0.15, -0.1) is 0 Å². The zero-order chi connectivity index (χ0) is 20.1. The van der Waals surface area contributed by atoms with Crippen molar-refractivity contribution in [1.29, 1.82) is 0 Å². The molecule has 0 radical (unpaired) electrons. The summed E-state index contributed by atoms with van der Waals surface area (Å²) in [5.41, 5.74) is 2.43. The summed E-state index contributed by atoms with van der Waals surface area (Å²) in [5.74, 6) is 0.750. The Morgan fingerprint density at radius 1 is 1.14 bits per heavy atom. The normalized spacial score (nSPS) is 15.9. The van der Waals surface area contributed by atoms with Crippen molar-refractivity contribution < 1.29 is 23.8 Å². The van der Waals surface area contributed by atoms with Gasteiger partial charge < -0.3 is 19.5 Å². The first-order chi connectivity index (χ1) is 13.5. The van der Waals surface area contributed by atoms with Crippen molar-refractivity contribution in [3.8, 4) is 11.5 Å². The van der Waals surface area contributed by atoms with Crippen molar-refractivity contribution in [2.75, 3.05) is 32.2 Å². The first kappa shape index (κ1) is 19.5. The van der Waals surface area contributed by atoms with Crippen molar-refractivity contribution in [1.82, 2.24) is 5.32 Å². The second kappa shape index (κ2) is 8.65. The molecular weight excluding hydrogens is 360 g/mol. The van der Waals surface area contributed by atoms with E-state index in [0.29, 0.717) is 23.6 Å². The minimum Gasteiger partial charge on any atom is -0.493 e. The number of cyclic esters (lactones) is 1. The fourth-order valence-corrected chi connectivity index (χ4v) is 3.04. The van der Waals surface area contributed by atoms with E-state index in [4.69, 9.17) is 14.2 Å². The number of anilines is 1. The molecule has 2 aromatic carbocycles. The van der Waals surface area contributed by atoms with Gasteiger partial charge in [-0.05, 0) is 42.3 Å². The first-order valence-corrected chi connectivity index (χ1v) is 9.13. The molecule has 0 aliphatic carbocycles. The Hall–Kier alpha value is -3.22. The molecule has 0 spiro atoms. The summed E-state index contributed by atoms with van der Waals surface area (Å²) in [7, 11) is 3.05. The van der Waals surface area contributed by atoms with E-state index in [1.807, 2.05) is 24.3 Å². The average molecular weight is 384 g/mol. The molecule has 1 heterocycles. The van der Waals surface area contributed by atoms with Crippen molar-refractivity contribution >= 4 is 17.7 Å². The summed E-state index contributed by atoms with van der Waals surface area (Å²) in [6.45, 7) is 2.69. The average Bonchev–Trinajstić information content (AvgIpc) is 3.11. The van der Waals surface area contributed by atoms with Crippen LogP contribution in [0, 0.1) is 0 Å². The van der Waals surface area contributed by atoms with E-state index in [0.717, 1.165) is 12.1 Å². The number of nitrogens with one attached hydrogen (secondary N) is 1. The number of nitrogens with zero attached hydrogens (tertiary/aromatic N) is 1. The number of amides is 2. The molecule has 1 fully saturated rings. The summed E-state index contributed by atoms with van der Waals surface area (Å²) in [6, 6.07) is 12.7. The van der Waals surface area contributed by atoms with Gasteiger partial charge in [-0.1, -0.05) is 19.1 Å². The van der Waals surface area contributed by atoms with Crippen LogP contribution in [0.3, 0.4) is 0 Å². The fraction of sp³-hybridized carbons (Fsp3) is 0.333. The summed E-state index contributed by atoms with van der Waals surface area (Å²) < 4.78 is 15.8. The van der Waals surface area contributed by atoms with Crippen LogP contribution in [0.4, 0.5) is 10.5 Å². The van der Waals surface area contributed by atoms with Crippen molar-refractivity contribution in [3.05, 3.63) is 53.6 Å². The Balaban J connectivity index is 1.59. The van der Waals surface area contributed by atoms with Crippen LogP contribution < -0.4 is 19.7 Å². The van der Waals surface area contributed by atoms with Crippen LogP contribution in [0.5, 0.6) is 11.5 Å². The number of carbonyl (C=O) groups excluding carboxylic acids is 2. The van der Waals surface area contributed by atoms with Gasteiger partial charge in [-0.25, -0.2) is 4.79 Å². The largest absolute Gasteiger partial charge is 0.493 e. The van der Waals surface area contributed by atoms with Crippen LogP contribution in [0.1, 0.15) is 22.8 Å². The van der Waals surface area contributed by atoms with E-state index < -0.39 is 12.2 Å². The van der Waals surface area contributed by atoms with Crippen molar-refractivity contribution in [2.45, 2.75) is 19.4 Å². The molecular formula is C21H24N2O5. The fourth-order valence-electron chi connectivity index (χ4n) is 3.04. The van der Waals surface area contributed by atoms with Crippen LogP contribution in [0.15, 0.2) is 42.5 Å². The number of hydrogen-bond donors (Lipinski definition) is 1. The summed E-state index contributed by atoms with van der Waals surface area (Å²) in [4.78, 5) is 26.2. The molecule has 1 atom stereocenters. The molecule has 2 aromatic rings. The third-order valence-corrected chi connectivity index (χ3v) is 4.67. The van der Waals surface area contributed by atoms with Crippen LogP contribution >= 0.6 is 0 Å². The quantitative estimate of drug-likeness (QED) is 0.794. The number of carbonyl (C=O) groups is 2. The highest BCUT2D eigenvalue weighted by atomic mass is 16.6. The highest BCUT2D eigenvalue weighted by Gasteiger charge is 2.32.